The van der Waals surface area contributed by atoms with Crippen molar-refractivity contribution in [2.75, 3.05) is 6.61 Å². The van der Waals surface area contributed by atoms with Crippen LogP contribution in [0.1, 0.15) is 110 Å². The zero-order chi connectivity index (χ0) is 29.6. The van der Waals surface area contributed by atoms with Gasteiger partial charge in [0, 0.05) is 6.61 Å². The summed E-state index contributed by atoms with van der Waals surface area (Å²) in [4.78, 5) is 0. The minimum absolute atomic E-state index is 0.436. The Bertz CT molecular complexity index is 923. The molecule has 0 amide bonds. The second-order valence-corrected chi connectivity index (χ2v) is 11.2. The van der Waals surface area contributed by atoms with Gasteiger partial charge in [0.05, 0.1) is 0 Å². The van der Waals surface area contributed by atoms with E-state index < -0.39 is 12.1 Å². The van der Waals surface area contributed by atoms with E-state index in [0.29, 0.717) is 23.9 Å². The van der Waals surface area contributed by atoms with Crippen molar-refractivity contribution in [3.8, 4) is 17.2 Å². The molecule has 3 aromatic rings. The lowest BCUT2D eigenvalue weighted by Gasteiger charge is -2.39. The van der Waals surface area contributed by atoms with E-state index in [2.05, 4.69) is 13.8 Å². The maximum atomic E-state index is 6.73. The molecule has 4 heteroatoms. The van der Waals surface area contributed by atoms with Crippen LogP contribution in [-0.4, -0.2) is 18.7 Å². The Hall–Kier alpha value is -2.98. The van der Waals surface area contributed by atoms with Crippen LogP contribution in [0.3, 0.4) is 0 Å². The SMILES string of the molecule is CCCCCCCCCCOC(CCCCCCCC)C(Oc1ccccc1)(Oc1ccccc1)Oc1ccccc1. The van der Waals surface area contributed by atoms with Crippen molar-refractivity contribution in [3.63, 3.8) is 0 Å². The average Bonchev–Trinajstić information content (AvgIpc) is 3.02. The highest BCUT2D eigenvalue weighted by Gasteiger charge is 2.48. The van der Waals surface area contributed by atoms with E-state index in [1.807, 2.05) is 91.0 Å². The highest BCUT2D eigenvalue weighted by atomic mass is 16.9. The maximum absolute atomic E-state index is 6.73. The van der Waals surface area contributed by atoms with Crippen LogP contribution in [0.4, 0.5) is 0 Å². The van der Waals surface area contributed by atoms with Gasteiger partial charge in [-0.05, 0) is 49.2 Å². The molecule has 3 aromatic carbocycles. The van der Waals surface area contributed by atoms with Crippen LogP contribution in [-0.2, 0) is 4.74 Å². The van der Waals surface area contributed by atoms with Crippen LogP contribution in [0.15, 0.2) is 91.0 Å². The highest BCUT2D eigenvalue weighted by molar-refractivity contribution is 5.26. The van der Waals surface area contributed by atoms with Crippen molar-refractivity contribution < 1.29 is 18.9 Å². The topological polar surface area (TPSA) is 36.9 Å². The van der Waals surface area contributed by atoms with Gasteiger partial charge >= 0.3 is 5.97 Å². The number of rotatable bonds is 24. The minimum atomic E-state index is -1.51. The summed E-state index contributed by atoms with van der Waals surface area (Å²) in [5.74, 6) is 0.516. The molecule has 42 heavy (non-hydrogen) atoms. The number of benzene rings is 3. The van der Waals surface area contributed by atoms with Crippen molar-refractivity contribution >= 4 is 0 Å². The molecular weight excluding hydrogens is 520 g/mol. The zero-order valence-electron chi connectivity index (χ0n) is 26.2. The van der Waals surface area contributed by atoms with Gasteiger partial charge in [-0.2, -0.15) is 0 Å². The Labute approximate surface area is 255 Å². The molecule has 4 nitrogen and oxygen atoms in total. The van der Waals surface area contributed by atoms with E-state index in [9.17, 15) is 0 Å². The van der Waals surface area contributed by atoms with Crippen LogP contribution in [0.25, 0.3) is 0 Å². The maximum Gasteiger partial charge on any atom is 0.445 e. The van der Waals surface area contributed by atoms with E-state index >= 15 is 0 Å². The van der Waals surface area contributed by atoms with Gasteiger partial charge < -0.3 is 18.9 Å². The standard InChI is InChI=1S/C38H54O4/c1-3-5-7-9-11-12-14-25-33-39-37(32-24-13-10-8-6-4-2)38(40-34-26-18-15-19-27-34,41-35-28-20-16-21-29-35)42-36-30-22-17-23-31-36/h15-23,26-31,37H,3-14,24-25,32-33H2,1-2H3. The molecule has 0 aliphatic carbocycles. The molecule has 0 fully saturated rings. The summed E-state index contributed by atoms with van der Waals surface area (Å²) >= 11 is 0. The van der Waals surface area contributed by atoms with Gasteiger partial charge in [0.15, 0.2) is 6.10 Å². The molecule has 0 aromatic heterocycles. The lowest BCUT2D eigenvalue weighted by molar-refractivity contribution is -0.312. The molecule has 0 radical (unpaired) electrons. The predicted molar refractivity (Wildman–Crippen MR) is 174 cm³/mol. The Morgan fingerprint density at radius 3 is 1.21 bits per heavy atom. The molecule has 0 aliphatic rings. The van der Waals surface area contributed by atoms with Crippen LogP contribution >= 0.6 is 0 Å². The van der Waals surface area contributed by atoms with Crippen LogP contribution in [0, 0.1) is 0 Å². The highest BCUT2D eigenvalue weighted by Crippen LogP contribution is 2.33. The summed E-state index contributed by atoms with van der Waals surface area (Å²) in [7, 11) is 0. The average molecular weight is 575 g/mol. The molecule has 1 atom stereocenters. The van der Waals surface area contributed by atoms with Gasteiger partial charge in [0.2, 0.25) is 0 Å². The van der Waals surface area contributed by atoms with Crippen molar-refractivity contribution in [2.45, 2.75) is 122 Å². The van der Waals surface area contributed by atoms with Gasteiger partial charge in [0.25, 0.3) is 0 Å². The molecule has 230 valence electrons. The molecule has 0 spiro atoms. The molecule has 0 aliphatic heterocycles. The molecule has 0 N–H and O–H groups in total. The van der Waals surface area contributed by atoms with E-state index in [4.69, 9.17) is 18.9 Å². The van der Waals surface area contributed by atoms with Crippen molar-refractivity contribution in [2.24, 2.45) is 0 Å². The summed E-state index contributed by atoms with van der Waals surface area (Å²) in [6.07, 6.45) is 17.6. The molecule has 0 bridgehead atoms. The molecule has 0 heterocycles. The number of hydrogen-bond acceptors (Lipinski definition) is 4. The molecule has 1 unspecified atom stereocenters. The Morgan fingerprint density at radius 2 is 0.810 bits per heavy atom. The van der Waals surface area contributed by atoms with E-state index in [0.717, 1.165) is 25.7 Å². The van der Waals surface area contributed by atoms with E-state index in [1.54, 1.807) is 0 Å². The van der Waals surface area contributed by atoms with Crippen LogP contribution in [0.2, 0.25) is 0 Å². The summed E-state index contributed by atoms with van der Waals surface area (Å²) in [5, 5.41) is 0. The number of unbranched alkanes of at least 4 members (excludes halogenated alkanes) is 12. The molecular formula is C38H54O4. The smallest absolute Gasteiger partial charge is 0.419 e. The summed E-state index contributed by atoms with van der Waals surface area (Å²) < 4.78 is 26.9. The normalized spacial score (nSPS) is 12.1. The summed E-state index contributed by atoms with van der Waals surface area (Å²) in [6.45, 7) is 5.17. The largest absolute Gasteiger partial charge is 0.445 e. The van der Waals surface area contributed by atoms with Gasteiger partial charge in [-0.1, -0.05) is 152 Å². The number of ether oxygens (including phenoxy) is 4. The molecule has 0 saturated carbocycles. The van der Waals surface area contributed by atoms with Crippen LogP contribution < -0.4 is 14.2 Å². The van der Waals surface area contributed by atoms with Crippen LogP contribution in [0.5, 0.6) is 17.2 Å². The second-order valence-electron chi connectivity index (χ2n) is 11.2. The fraction of sp³-hybridized carbons (Fsp3) is 0.526. The third-order valence-electron chi connectivity index (χ3n) is 7.54. The van der Waals surface area contributed by atoms with E-state index in [1.165, 1.54) is 70.6 Å². The summed E-state index contributed by atoms with van der Waals surface area (Å²) in [5.41, 5.74) is 0. The first kappa shape index (κ1) is 33.5. The predicted octanol–water partition coefficient (Wildman–Crippen LogP) is 11.2. The van der Waals surface area contributed by atoms with E-state index in [-0.39, 0.29) is 0 Å². The lowest BCUT2D eigenvalue weighted by Crippen LogP contribution is -2.58. The van der Waals surface area contributed by atoms with Crippen molar-refractivity contribution in [3.05, 3.63) is 91.0 Å². The first-order chi connectivity index (χ1) is 20.8. The van der Waals surface area contributed by atoms with Gasteiger partial charge in [0.1, 0.15) is 17.2 Å². The third-order valence-corrected chi connectivity index (χ3v) is 7.54. The monoisotopic (exact) mass is 574 g/mol. The first-order valence-electron chi connectivity index (χ1n) is 16.6. The fourth-order valence-corrected chi connectivity index (χ4v) is 5.15. The quantitative estimate of drug-likeness (QED) is 0.0787. The Kier molecular flexibility index (Phi) is 16.6. The van der Waals surface area contributed by atoms with Gasteiger partial charge in [-0.3, -0.25) is 0 Å². The molecule has 3 rings (SSSR count). The third kappa shape index (κ3) is 12.9. The summed E-state index contributed by atoms with van der Waals surface area (Å²) in [6, 6.07) is 29.4. The zero-order valence-corrected chi connectivity index (χ0v) is 26.2. The van der Waals surface area contributed by atoms with Gasteiger partial charge in [-0.25, -0.2) is 0 Å². The Balaban J connectivity index is 1.83. The van der Waals surface area contributed by atoms with Gasteiger partial charge in [-0.15, -0.1) is 0 Å². The first-order valence-corrected chi connectivity index (χ1v) is 16.6. The second kappa shape index (κ2) is 20.8. The number of para-hydroxylation sites is 3. The number of hydrogen-bond donors (Lipinski definition) is 0. The Morgan fingerprint density at radius 1 is 0.452 bits per heavy atom. The van der Waals surface area contributed by atoms with Crippen molar-refractivity contribution in [1.29, 1.82) is 0 Å². The lowest BCUT2D eigenvalue weighted by atomic mass is 10.1. The molecule has 0 saturated heterocycles. The van der Waals surface area contributed by atoms with Crippen molar-refractivity contribution in [1.82, 2.24) is 0 Å². The fourth-order valence-electron chi connectivity index (χ4n) is 5.15. The minimum Gasteiger partial charge on any atom is -0.419 e.